The van der Waals surface area contributed by atoms with Crippen LogP contribution in [0, 0.1) is 5.41 Å². The third-order valence-corrected chi connectivity index (χ3v) is 3.41. The Morgan fingerprint density at radius 3 is 1.87 bits per heavy atom. The molecule has 0 aliphatic carbocycles. The van der Waals surface area contributed by atoms with E-state index >= 15 is 0 Å². The second kappa shape index (κ2) is 7.29. The lowest BCUT2D eigenvalue weighted by molar-refractivity contribution is -0.141. The third-order valence-electron chi connectivity index (χ3n) is 3.41. The molecule has 0 bridgehead atoms. The number of imide groups is 1. The molecule has 7 nitrogen and oxygen atoms in total. The zero-order chi connectivity index (χ0) is 17.8. The van der Waals surface area contributed by atoms with E-state index in [4.69, 9.17) is 0 Å². The SMILES string of the molecule is CC(C)(C)NC(=O)NC(=O)CN1CCN(C(=O)C(C)(C)C)CC1. The number of amides is 4. The van der Waals surface area contributed by atoms with Crippen molar-refractivity contribution in [1.29, 1.82) is 0 Å². The highest BCUT2D eigenvalue weighted by Gasteiger charge is 2.30. The van der Waals surface area contributed by atoms with E-state index in [1.807, 2.05) is 51.3 Å². The lowest BCUT2D eigenvalue weighted by Crippen LogP contribution is -2.55. The van der Waals surface area contributed by atoms with Crippen LogP contribution >= 0.6 is 0 Å². The maximum Gasteiger partial charge on any atom is 0.321 e. The van der Waals surface area contributed by atoms with Gasteiger partial charge in [0.2, 0.25) is 11.8 Å². The summed E-state index contributed by atoms with van der Waals surface area (Å²) in [7, 11) is 0. The van der Waals surface area contributed by atoms with Crippen molar-refractivity contribution in [1.82, 2.24) is 20.4 Å². The van der Waals surface area contributed by atoms with Gasteiger partial charge in [-0.1, -0.05) is 20.8 Å². The highest BCUT2D eigenvalue weighted by molar-refractivity contribution is 5.95. The predicted molar refractivity (Wildman–Crippen MR) is 88.9 cm³/mol. The summed E-state index contributed by atoms with van der Waals surface area (Å²) >= 11 is 0. The minimum absolute atomic E-state index is 0.131. The Morgan fingerprint density at radius 2 is 1.43 bits per heavy atom. The van der Waals surface area contributed by atoms with Crippen LogP contribution in [0.3, 0.4) is 0 Å². The van der Waals surface area contributed by atoms with E-state index in [0.29, 0.717) is 26.2 Å². The van der Waals surface area contributed by atoms with Crippen LogP contribution in [-0.2, 0) is 9.59 Å². The summed E-state index contributed by atoms with van der Waals surface area (Å²) in [4.78, 5) is 39.5. The molecule has 1 heterocycles. The smallest absolute Gasteiger partial charge is 0.321 e. The number of carbonyl (C=O) groups is 3. The number of rotatable bonds is 2. The monoisotopic (exact) mass is 326 g/mol. The van der Waals surface area contributed by atoms with E-state index in [0.717, 1.165) is 0 Å². The molecule has 23 heavy (non-hydrogen) atoms. The first-order valence-corrected chi connectivity index (χ1v) is 8.02. The maximum absolute atomic E-state index is 12.2. The first-order valence-electron chi connectivity index (χ1n) is 8.02. The lowest BCUT2D eigenvalue weighted by Gasteiger charge is -2.37. The number of carbonyl (C=O) groups excluding carboxylic acids is 3. The van der Waals surface area contributed by atoms with Gasteiger partial charge in [0.15, 0.2) is 0 Å². The summed E-state index contributed by atoms with van der Waals surface area (Å²) in [5.41, 5.74) is -0.770. The van der Waals surface area contributed by atoms with Crippen molar-refractivity contribution in [2.45, 2.75) is 47.1 Å². The third kappa shape index (κ3) is 6.99. The molecule has 0 aromatic heterocycles. The molecule has 1 aliphatic heterocycles. The molecule has 1 saturated heterocycles. The van der Waals surface area contributed by atoms with Gasteiger partial charge in [0.05, 0.1) is 6.54 Å². The van der Waals surface area contributed by atoms with Gasteiger partial charge in [-0.3, -0.25) is 19.8 Å². The molecule has 0 unspecified atom stereocenters. The largest absolute Gasteiger partial charge is 0.340 e. The van der Waals surface area contributed by atoms with Crippen LogP contribution in [0.15, 0.2) is 0 Å². The van der Waals surface area contributed by atoms with Gasteiger partial charge in [0.1, 0.15) is 0 Å². The molecule has 132 valence electrons. The summed E-state index contributed by atoms with van der Waals surface area (Å²) in [6.45, 7) is 13.9. The number of nitrogens with one attached hydrogen (secondary N) is 2. The Bertz CT molecular complexity index is 455. The van der Waals surface area contributed by atoms with Gasteiger partial charge in [-0.25, -0.2) is 4.79 Å². The average Bonchev–Trinajstić information content (AvgIpc) is 2.35. The van der Waals surface area contributed by atoms with Crippen LogP contribution in [0.25, 0.3) is 0 Å². The standard InChI is InChI=1S/C16H30N4O3/c1-15(2,3)13(22)20-9-7-19(8-10-20)11-12(21)17-14(23)18-16(4,5)6/h7-11H2,1-6H3,(H2,17,18,21,23). The molecule has 7 heteroatoms. The number of hydrogen-bond donors (Lipinski definition) is 2. The van der Waals surface area contributed by atoms with Crippen molar-refractivity contribution in [2.24, 2.45) is 5.41 Å². The van der Waals surface area contributed by atoms with Crippen LogP contribution in [0.2, 0.25) is 0 Å². The molecule has 0 spiro atoms. The number of urea groups is 1. The van der Waals surface area contributed by atoms with Crippen molar-refractivity contribution in [3.8, 4) is 0 Å². The fourth-order valence-corrected chi connectivity index (χ4v) is 2.32. The summed E-state index contributed by atoms with van der Waals surface area (Å²) in [5.74, 6) is -0.200. The van der Waals surface area contributed by atoms with Crippen molar-refractivity contribution in [3.05, 3.63) is 0 Å². The molecule has 0 radical (unpaired) electrons. The Kier molecular flexibility index (Phi) is 6.16. The molecule has 1 fully saturated rings. The fourth-order valence-electron chi connectivity index (χ4n) is 2.32. The number of hydrogen-bond acceptors (Lipinski definition) is 4. The molecular formula is C16H30N4O3. The molecule has 4 amide bonds. The summed E-state index contributed by atoms with van der Waals surface area (Å²) in [5, 5.41) is 5.01. The average molecular weight is 326 g/mol. The summed E-state index contributed by atoms with van der Waals surface area (Å²) in [6, 6.07) is -0.482. The predicted octanol–water partition coefficient (Wildman–Crippen LogP) is 0.801. The van der Waals surface area contributed by atoms with Gasteiger partial charge >= 0.3 is 6.03 Å². The highest BCUT2D eigenvalue weighted by Crippen LogP contribution is 2.18. The number of nitrogens with zero attached hydrogens (tertiary/aromatic N) is 2. The van der Waals surface area contributed by atoms with Crippen LogP contribution < -0.4 is 10.6 Å². The van der Waals surface area contributed by atoms with E-state index in [9.17, 15) is 14.4 Å². The Morgan fingerprint density at radius 1 is 0.913 bits per heavy atom. The summed E-state index contributed by atoms with van der Waals surface area (Å²) < 4.78 is 0. The van der Waals surface area contributed by atoms with Gasteiger partial charge in [0.25, 0.3) is 0 Å². The molecule has 1 aliphatic rings. The van der Waals surface area contributed by atoms with E-state index in [2.05, 4.69) is 10.6 Å². The molecular weight excluding hydrogens is 296 g/mol. The van der Waals surface area contributed by atoms with Crippen LogP contribution in [0.1, 0.15) is 41.5 Å². The Labute approximate surface area is 138 Å². The summed E-state index contributed by atoms with van der Waals surface area (Å²) in [6.07, 6.45) is 0. The van der Waals surface area contributed by atoms with Crippen molar-refractivity contribution >= 4 is 17.8 Å². The Hall–Kier alpha value is -1.63. The van der Waals surface area contributed by atoms with E-state index < -0.39 is 6.03 Å². The van der Waals surface area contributed by atoms with E-state index in [1.54, 1.807) is 0 Å². The van der Waals surface area contributed by atoms with Crippen LogP contribution in [-0.4, -0.2) is 65.9 Å². The zero-order valence-electron chi connectivity index (χ0n) is 15.2. The quantitative estimate of drug-likeness (QED) is 0.786. The zero-order valence-corrected chi connectivity index (χ0v) is 15.2. The van der Waals surface area contributed by atoms with E-state index in [1.165, 1.54) is 0 Å². The Balaban J connectivity index is 2.37. The van der Waals surface area contributed by atoms with Gasteiger partial charge in [-0.2, -0.15) is 0 Å². The molecule has 0 aromatic rings. The molecule has 1 rings (SSSR count). The normalized spacial score (nSPS) is 16.9. The van der Waals surface area contributed by atoms with E-state index in [-0.39, 0.29) is 29.3 Å². The first kappa shape index (κ1) is 19.4. The lowest BCUT2D eigenvalue weighted by atomic mass is 9.94. The first-order chi connectivity index (χ1) is 10.4. The molecule has 2 N–H and O–H groups in total. The fraction of sp³-hybridized carbons (Fsp3) is 0.812. The minimum Gasteiger partial charge on any atom is -0.340 e. The van der Waals surface area contributed by atoms with Gasteiger partial charge < -0.3 is 10.2 Å². The van der Waals surface area contributed by atoms with Crippen LogP contribution in [0.5, 0.6) is 0 Å². The van der Waals surface area contributed by atoms with Crippen LogP contribution in [0.4, 0.5) is 4.79 Å². The second-order valence-corrected chi connectivity index (χ2v) is 8.07. The van der Waals surface area contributed by atoms with Gasteiger partial charge in [-0.05, 0) is 20.8 Å². The minimum atomic E-state index is -0.482. The highest BCUT2D eigenvalue weighted by atomic mass is 16.2. The van der Waals surface area contributed by atoms with Gasteiger partial charge in [0, 0.05) is 37.1 Å². The van der Waals surface area contributed by atoms with Crippen molar-refractivity contribution < 1.29 is 14.4 Å². The molecule has 0 aromatic carbocycles. The van der Waals surface area contributed by atoms with Crippen molar-refractivity contribution in [2.75, 3.05) is 32.7 Å². The second-order valence-electron chi connectivity index (χ2n) is 8.07. The number of piperazine rings is 1. The molecule has 0 atom stereocenters. The topological polar surface area (TPSA) is 81.8 Å². The molecule has 0 saturated carbocycles. The van der Waals surface area contributed by atoms with Crippen molar-refractivity contribution in [3.63, 3.8) is 0 Å². The van der Waals surface area contributed by atoms with Gasteiger partial charge in [-0.15, -0.1) is 0 Å². The maximum atomic E-state index is 12.2.